The molecule has 6 heteroatoms. The van der Waals surface area contributed by atoms with Crippen molar-refractivity contribution in [3.63, 3.8) is 0 Å². The minimum absolute atomic E-state index is 0.366. The molecule has 0 amide bonds. The molecular formula is C12H11N5S. The lowest BCUT2D eigenvalue weighted by Crippen LogP contribution is -1.99. The maximum atomic E-state index is 8.69. The number of nitriles is 1. The van der Waals surface area contributed by atoms with Crippen LogP contribution in [0.5, 0.6) is 0 Å². The lowest BCUT2D eigenvalue weighted by atomic mass is 10.2. The molecule has 0 saturated heterocycles. The molecule has 2 aromatic rings. The predicted octanol–water partition coefficient (Wildman–Crippen LogP) is 1.80. The van der Waals surface area contributed by atoms with Crippen molar-refractivity contribution >= 4 is 23.4 Å². The summed E-state index contributed by atoms with van der Waals surface area (Å²) in [5, 5.41) is 9.25. The quantitative estimate of drug-likeness (QED) is 0.642. The number of thioether (sulfide) groups is 1. The van der Waals surface area contributed by atoms with Crippen LogP contribution >= 0.6 is 11.8 Å². The van der Waals surface area contributed by atoms with Crippen molar-refractivity contribution in [3.8, 4) is 6.07 Å². The Morgan fingerprint density at radius 1 is 1.11 bits per heavy atom. The Morgan fingerprint density at radius 2 is 1.72 bits per heavy atom. The Kier molecular flexibility index (Phi) is 3.65. The zero-order valence-corrected chi connectivity index (χ0v) is 10.3. The molecule has 0 aliphatic heterocycles. The van der Waals surface area contributed by atoms with Gasteiger partial charge in [0, 0.05) is 11.8 Å². The molecule has 4 N–H and O–H groups in total. The topological polar surface area (TPSA) is 102 Å². The summed E-state index contributed by atoms with van der Waals surface area (Å²) in [5.41, 5.74) is 12.9. The SMILES string of the molecule is N#Cc1ccc(CSc2nc(N)cc(N)n2)cc1. The van der Waals surface area contributed by atoms with E-state index < -0.39 is 0 Å². The fraction of sp³-hybridized carbons (Fsp3) is 0.0833. The Balaban J connectivity index is 2.04. The van der Waals surface area contributed by atoms with Gasteiger partial charge in [-0.25, -0.2) is 9.97 Å². The molecule has 0 bridgehead atoms. The molecule has 0 unspecified atom stereocenters. The Labute approximate surface area is 109 Å². The summed E-state index contributed by atoms with van der Waals surface area (Å²) in [6.07, 6.45) is 0. The van der Waals surface area contributed by atoms with E-state index in [1.807, 2.05) is 12.1 Å². The van der Waals surface area contributed by atoms with Crippen LogP contribution in [-0.2, 0) is 5.75 Å². The van der Waals surface area contributed by atoms with Crippen LogP contribution < -0.4 is 11.5 Å². The average molecular weight is 257 g/mol. The number of nitrogens with two attached hydrogens (primary N) is 2. The van der Waals surface area contributed by atoms with E-state index in [2.05, 4.69) is 16.0 Å². The molecule has 1 heterocycles. The van der Waals surface area contributed by atoms with E-state index in [1.54, 1.807) is 12.1 Å². The minimum Gasteiger partial charge on any atom is -0.383 e. The number of benzene rings is 1. The number of nitrogen functional groups attached to an aromatic ring is 2. The fourth-order valence-corrected chi connectivity index (χ4v) is 2.18. The van der Waals surface area contributed by atoms with E-state index in [9.17, 15) is 0 Å². The second kappa shape index (κ2) is 5.38. The van der Waals surface area contributed by atoms with E-state index in [1.165, 1.54) is 17.8 Å². The van der Waals surface area contributed by atoms with Gasteiger partial charge in [0.15, 0.2) is 5.16 Å². The van der Waals surface area contributed by atoms with Crippen molar-refractivity contribution in [1.29, 1.82) is 5.26 Å². The van der Waals surface area contributed by atoms with Crippen LogP contribution in [0.1, 0.15) is 11.1 Å². The molecule has 0 radical (unpaired) electrons. The van der Waals surface area contributed by atoms with Crippen molar-refractivity contribution < 1.29 is 0 Å². The number of rotatable bonds is 3. The Bertz CT molecular complexity index is 568. The predicted molar refractivity (Wildman–Crippen MR) is 71.6 cm³/mol. The normalized spacial score (nSPS) is 9.94. The maximum Gasteiger partial charge on any atom is 0.191 e. The standard InChI is InChI=1S/C12H11N5S/c13-6-8-1-3-9(4-2-8)7-18-12-16-10(14)5-11(15)17-12/h1-5H,7H2,(H4,14,15,16,17). The maximum absolute atomic E-state index is 8.69. The van der Waals surface area contributed by atoms with Crippen LogP contribution in [0.15, 0.2) is 35.5 Å². The van der Waals surface area contributed by atoms with Crippen molar-refractivity contribution in [1.82, 2.24) is 9.97 Å². The van der Waals surface area contributed by atoms with Crippen molar-refractivity contribution in [3.05, 3.63) is 41.5 Å². The van der Waals surface area contributed by atoms with Gasteiger partial charge in [0.25, 0.3) is 0 Å². The van der Waals surface area contributed by atoms with Gasteiger partial charge >= 0.3 is 0 Å². The van der Waals surface area contributed by atoms with Gasteiger partial charge in [0.2, 0.25) is 0 Å². The Morgan fingerprint density at radius 3 is 2.28 bits per heavy atom. The molecule has 0 atom stereocenters. The van der Waals surface area contributed by atoms with E-state index in [-0.39, 0.29) is 0 Å². The lowest BCUT2D eigenvalue weighted by Gasteiger charge is -2.03. The van der Waals surface area contributed by atoms with Gasteiger partial charge in [0.1, 0.15) is 11.6 Å². The average Bonchev–Trinajstić information content (AvgIpc) is 2.36. The summed E-state index contributed by atoms with van der Waals surface area (Å²) in [5.74, 6) is 1.43. The first kappa shape index (κ1) is 12.2. The highest BCUT2D eigenvalue weighted by Gasteiger charge is 2.02. The molecule has 0 aliphatic rings. The van der Waals surface area contributed by atoms with Gasteiger partial charge < -0.3 is 11.5 Å². The summed E-state index contributed by atoms with van der Waals surface area (Å²) in [6.45, 7) is 0. The zero-order valence-electron chi connectivity index (χ0n) is 9.50. The second-order valence-electron chi connectivity index (χ2n) is 3.60. The smallest absolute Gasteiger partial charge is 0.191 e. The third-order valence-electron chi connectivity index (χ3n) is 2.20. The largest absolute Gasteiger partial charge is 0.383 e. The van der Waals surface area contributed by atoms with Gasteiger partial charge in [-0.1, -0.05) is 23.9 Å². The van der Waals surface area contributed by atoms with Crippen molar-refractivity contribution in [2.75, 3.05) is 11.5 Å². The van der Waals surface area contributed by atoms with Gasteiger partial charge in [0.05, 0.1) is 11.6 Å². The molecule has 2 rings (SSSR count). The first-order valence-electron chi connectivity index (χ1n) is 5.19. The van der Waals surface area contributed by atoms with E-state index >= 15 is 0 Å². The molecule has 1 aromatic heterocycles. The number of aromatic nitrogens is 2. The number of anilines is 2. The molecule has 90 valence electrons. The third-order valence-corrected chi connectivity index (χ3v) is 3.11. The third kappa shape index (κ3) is 3.12. The highest BCUT2D eigenvalue weighted by molar-refractivity contribution is 7.98. The van der Waals surface area contributed by atoms with Crippen LogP contribution in [-0.4, -0.2) is 9.97 Å². The highest BCUT2D eigenvalue weighted by atomic mass is 32.2. The van der Waals surface area contributed by atoms with Crippen molar-refractivity contribution in [2.45, 2.75) is 10.9 Å². The monoisotopic (exact) mass is 257 g/mol. The molecule has 1 aromatic carbocycles. The summed E-state index contributed by atoms with van der Waals surface area (Å²) < 4.78 is 0. The number of hydrogen-bond donors (Lipinski definition) is 2. The van der Waals surface area contributed by atoms with Crippen LogP contribution in [0.3, 0.4) is 0 Å². The highest BCUT2D eigenvalue weighted by Crippen LogP contribution is 2.21. The molecule has 0 aliphatic carbocycles. The van der Waals surface area contributed by atoms with Crippen molar-refractivity contribution in [2.24, 2.45) is 0 Å². The first-order chi connectivity index (χ1) is 8.67. The van der Waals surface area contributed by atoms with Crippen LogP contribution in [0, 0.1) is 11.3 Å². The van der Waals surface area contributed by atoms with Crippen LogP contribution in [0.4, 0.5) is 11.6 Å². The lowest BCUT2D eigenvalue weighted by molar-refractivity contribution is 0.984. The van der Waals surface area contributed by atoms with Gasteiger partial charge in [-0.3, -0.25) is 0 Å². The summed E-state index contributed by atoms with van der Waals surface area (Å²) in [6, 6.07) is 11.0. The van der Waals surface area contributed by atoms with E-state index in [4.69, 9.17) is 16.7 Å². The molecule has 0 saturated carbocycles. The summed E-state index contributed by atoms with van der Waals surface area (Å²) in [7, 11) is 0. The number of nitrogens with zero attached hydrogens (tertiary/aromatic N) is 3. The number of hydrogen-bond acceptors (Lipinski definition) is 6. The second-order valence-corrected chi connectivity index (χ2v) is 4.54. The summed E-state index contributed by atoms with van der Waals surface area (Å²) in [4.78, 5) is 8.16. The molecule has 0 spiro atoms. The summed E-state index contributed by atoms with van der Waals surface area (Å²) >= 11 is 1.45. The minimum atomic E-state index is 0.366. The van der Waals surface area contributed by atoms with Gasteiger partial charge in [-0.15, -0.1) is 0 Å². The fourth-order valence-electron chi connectivity index (χ4n) is 1.35. The molecule has 0 fully saturated rings. The Hall–Kier alpha value is -2.26. The molecule has 5 nitrogen and oxygen atoms in total. The van der Waals surface area contributed by atoms with Gasteiger partial charge in [-0.05, 0) is 17.7 Å². The van der Waals surface area contributed by atoms with Gasteiger partial charge in [-0.2, -0.15) is 5.26 Å². The first-order valence-corrected chi connectivity index (χ1v) is 6.18. The van der Waals surface area contributed by atoms with Crippen LogP contribution in [0.25, 0.3) is 0 Å². The van der Waals surface area contributed by atoms with Crippen LogP contribution in [0.2, 0.25) is 0 Å². The molecular weight excluding hydrogens is 246 g/mol. The molecule has 18 heavy (non-hydrogen) atoms. The van der Waals surface area contributed by atoms with E-state index in [0.717, 1.165) is 5.56 Å². The van der Waals surface area contributed by atoms with E-state index in [0.29, 0.717) is 28.1 Å². The zero-order chi connectivity index (χ0) is 13.0.